The van der Waals surface area contributed by atoms with Gasteiger partial charge in [0, 0.05) is 11.1 Å². The van der Waals surface area contributed by atoms with Crippen molar-refractivity contribution in [3.8, 4) is 29.9 Å². The number of methoxy groups -OCH3 is 1. The van der Waals surface area contributed by atoms with Crippen LogP contribution in [-0.4, -0.2) is 19.9 Å². The molecule has 0 atom stereocenters. The summed E-state index contributed by atoms with van der Waals surface area (Å²) in [5, 5.41) is 12.9. The van der Waals surface area contributed by atoms with Crippen molar-refractivity contribution in [1.29, 1.82) is 5.26 Å². The lowest BCUT2D eigenvalue weighted by molar-refractivity contribution is 0.132. The van der Waals surface area contributed by atoms with Gasteiger partial charge in [0.15, 0.2) is 11.5 Å². The van der Waals surface area contributed by atoms with Gasteiger partial charge in [0.2, 0.25) is 0 Å². The van der Waals surface area contributed by atoms with E-state index in [1.807, 2.05) is 18.2 Å². The summed E-state index contributed by atoms with van der Waals surface area (Å²) in [4.78, 5) is 5.25. The fraction of sp³-hybridized carbons (Fsp3) is 0.158. The van der Waals surface area contributed by atoms with Crippen LogP contribution in [0.2, 0.25) is 0 Å². The number of oxime groups is 1. The Labute approximate surface area is 141 Å². The summed E-state index contributed by atoms with van der Waals surface area (Å²) in [5.74, 6) is 3.53. The van der Waals surface area contributed by atoms with E-state index in [2.05, 4.69) is 17.1 Å². The lowest BCUT2D eigenvalue weighted by atomic mass is 10.1. The van der Waals surface area contributed by atoms with Gasteiger partial charge in [0.1, 0.15) is 13.2 Å². The highest BCUT2D eigenvalue weighted by Gasteiger charge is 2.04. The van der Waals surface area contributed by atoms with Crippen molar-refractivity contribution in [3.05, 3.63) is 59.2 Å². The number of nitriles is 1. The second-order valence-corrected chi connectivity index (χ2v) is 4.68. The molecule has 0 unspecified atom stereocenters. The van der Waals surface area contributed by atoms with Crippen LogP contribution in [0.4, 0.5) is 0 Å². The first kappa shape index (κ1) is 16.9. The molecular weight excluding hydrogens is 304 g/mol. The first-order chi connectivity index (χ1) is 11.8. The number of hydrogen-bond donors (Lipinski definition) is 0. The molecule has 0 N–H and O–H groups in total. The third-order valence-electron chi connectivity index (χ3n) is 3.13. The second kappa shape index (κ2) is 8.87. The summed E-state index contributed by atoms with van der Waals surface area (Å²) in [5.41, 5.74) is 2.14. The van der Waals surface area contributed by atoms with Gasteiger partial charge in [-0.25, -0.2) is 0 Å². The predicted molar refractivity (Wildman–Crippen MR) is 90.9 cm³/mol. The number of hydrogen-bond acceptors (Lipinski definition) is 5. The van der Waals surface area contributed by atoms with E-state index in [1.165, 1.54) is 0 Å². The topological polar surface area (TPSA) is 63.8 Å². The maximum absolute atomic E-state index is 9.02. The fourth-order valence-electron chi connectivity index (χ4n) is 1.96. The minimum absolute atomic E-state index is 0.172. The number of ether oxygens (including phenoxy) is 2. The van der Waals surface area contributed by atoms with Gasteiger partial charge in [-0.15, -0.1) is 6.42 Å². The highest BCUT2D eigenvalue weighted by atomic mass is 16.6. The molecule has 0 aromatic heterocycles. The molecular formula is C19H16N2O3. The third-order valence-corrected chi connectivity index (χ3v) is 3.13. The van der Waals surface area contributed by atoms with E-state index < -0.39 is 0 Å². The van der Waals surface area contributed by atoms with Crippen LogP contribution >= 0.6 is 0 Å². The lowest BCUT2D eigenvalue weighted by Gasteiger charge is -2.09. The number of nitrogens with zero attached hydrogens (tertiary/aromatic N) is 2. The van der Waals surface area contributed by atoms with E-state index in [4.69, 9.17) is 26.0 Å². The fourth-order valence-corrected chi connectivity index (χ4v) is 1.96. The molecule has 0 saturated carbocycles. The number of rotatable bonds is 7. The average Bonchev–Trinajstić information content (AvgIpc) is 2.64. The molecule has 2 aromatic rings. The second-order valence-electron chi connectivity index (χ2n) is 4.68. The zero-order chi connectivity index (χ0) is 17.2. The van der Waals surface area contributed by atoms with Crippen molar-refractivity contribution in [2.45, 2.75) is 6.61 Å². The molecule has 5 nitrogen and oxygen atoms in total. The van der Waals surface area contributed by atoms with Gasteiger partial charge in [-0.2, -0.15) is 5.26 Å². The molecule has 0 radical (unpaired) electrons. The minimum atomic E-state index is 0.172. The maximum Gasteiger partial charge on any atom is 0.162 e. The van der Waals surface area contributed by atoms with E-state index in [0.29, 0.717) is 17.1 Å². The van der Waals surface area contributed by atoms with Crippen LogP contribution in [0.1, 0.15) is 16.7 Å². The Morgan fingerprint density at radius 3 is 2.79 bits per heavy atom. The summed E-state index contributed by atoms with van der Waals surface area (Å²) < 4.78 is 10.6. The zero-order valence-corrected chi connectivity index (χ0v) is 13.2. The summed E-state index contributed by atoms with van der Waals surface area (Å²) in [6, 6.07) is 14.7. The average molecular weight is 320 g/mol. The largest absolute Gasteiger partial charge is 0.493 e. The van der Waals surface area contributed by atoms with Crippen LogP contribution in [-0.2, 0) is 11.4 Å². The quantitative estimate of drug-likeness (QED) is 0.447. The first-order valence-corrected chi connectivity index (χ1v) is 7.16. The maximum atomic E-state index is 9.02. The molecule has 0 aliphatic carbocycles. The van der Waals surface area contributed by atoms with Crippen LogP contribution in [0.3, 0.4) is 0 Å². The van der Waals surface area contributed by atoms with Crippen molar-refractivity contribution in [1.82, 2.24) is 0 Å². The Morgan fingerprint density at radius 2 is 2.04 bits per heavy atom. The SMILES string of the molecule is C#CCOc1ccc(/C=N\OCc2ccccc2C#N)cc1OC. The Morgan fingerprint density at radius 1 is 1.21 bits per heavy atom. The molecule has 120 valence electrons. The summed E-state index contributed by atoms with van der Waals surface area (Å²) in [6.45, 7) is 0.395. The molecule has 0 spiro atoms. The van der Waals surface area contributed by atoms with E-state index in [1.54, 1.807) is 37.6 Å². The standard InChI is InChI=1S/C19H16N2O3/c1-3-10-23-18-9-8-15(11-19(18)22-2)13-21-24-14-17-7-5-4-6-16(17)12-20/h1,4-9,11,13H,10,14H2,2H3/b21-13-. The predicted octanol–water partition coefficient (Wildman–Crippen LogP) is 3.13. The Balaban J connectivity index is 1.99. The smallest absolute Gasteiger partial charge is 0.162 e. The first-order valence-electron chi connectivity index (χ1n) is 7.16. The highest BCUT2D eigenvalue weighted by molar-refractivity contribution is 5.80. The Hall–Kier alpha value is -3.44. The molecule has 2 rings (SSSR count). The Bertz CT molecular complexity index is 801. The van der Waals surface area contributed by atoms with Crippen LogP contribution in [0.5, 0.6) is 11.5 Å². The van der Waals surface area contributed by atoms with Crippen molar-refractivity contribution in [3.63, 3.8) is 0 Å². The van der Waals surface area contributed by atoms with E-state index in [0.717, 1.165) is 11.1 Å². The summed E-state index contributed by atoms with van der Waals surface area (Å²) in [7, 11) is 1.55. The van der Waals surface area contributed by atoms with Crippen LogP contribution in [0.15, 0.2) is 47.6 Å². The minimum Gasteiger partial charge on any atom is -0.493 e. The van der Waals surface area contributed by atoms with Crippen molar-refractivity contribution in [2.24, 2.45) is 5.16 Å². The van der Waals surface area contributed by atoms with E-state index >= 15 is 0 Å². The summed E-state index contributed by atoms with van der Waals surface area (Å²) in [6.07, 6.45) is 6.73. The molecule has 2 aromatic carbocycles. The van der Waals surface area contributed by atoms with Crippen molar-refractivity contribution in [2.75, 3.05) is 13.7 Å². The van der Waals surface area contributed by atoms with Gasteiger partial charge >= 0.3 is 0 Å². The highest BCUT2D eigenvalue weighted by Crippen LogP contribution is 2.27. The lowest BCUT2D eigenvalue weighted by Crippen LogP contribution is -1.97. The molecule has 0 aliphatic rings. The van der Waals surface area contributed by atoms with E-state index in [9.17, 15) is 0 Å². The molecule has 0 amide bonds. The molecule has 0 bridgehead atoms. The monoisotopic (exact) mass is 320 g/mol. The van der Waals surface area contributed by atoms with Crippen molar-refractivity contribution >= 4 is 6.21 Å². The van der Waals surface area contributed by atoms with Crippen LogP contribution < -0.4 is 9.47 Å². The van der Waals surface area contributed by atoms with Crippen LogP contribution in [0.25, 0.3) is 0 Å². The van der Waals surface area contributed by atoms with Gasteiger partial charge in [0.05, 0.1) is 25.0 Å². The molecule has 0 heterocycles. The number of benzene rings is 2. The zero-order valence-electron chi connectivity index (χ0n) is 13.2. The van der Waals surface area contributed by atoms with Gasteiger partial charge in [-0.1, -0.05) is 29.3 Å². The molecule has 5 heteroatoms. The molecule has 24 heavy (non-hydrogen) atoms. The van der Waals surface area contributed by atoms with Gasteiger partial charge in [-0.05, 0) is 24.3 Å². The molecule has 0 aliphatic heterocycles. The normalized spacial score (nSPS) is 9.96. The van der Waals surface area contributed by atoms with Crippen molar-refractivity contribution < 1.29 is 14.3 Å². The molecule has 0 saturated heterocycles. The third kappa shape index (κ3) is 4.53. The molecule has 0 fully saturated rings. The number of terminal acetylenes is 1. The Kier molecular flexibility index (Phi) is 6.25. The van der Waals surface area contributed by atoms with E-state index in [-0.39, 0.29) is 13.2 Å². The van der Waals surface area contributed by atoms with Crippen LogP contribution in [0, 0.1) is 23.7 Å². The van der Waals surface area contributed by atoms with Gasteiger partial charge in [-0.3, -0.25) is 0 Å². The van der Waals surface area contributed by atoms with Gasteiger partial charge in [0.25, 0.3) is 0 Å². The van der Waals surface area contributed by atoms with Gasteiger partial charge < -0.3 is 14.3 Å². The summed E-state index contributed by atoms with van der Waals surface area (Å²) >= 11 is 0.